The van der Waals surface area contributed by atoms with E-state index in [1.165, 1.54) is 17.4 Å². The highest BCUT2D eigenvalue weighted by atomic mass is 32.1. The quantitative estimate of drug-likeness (QED) is 0.690. The number of nitrogens with zero attached hydrogens (tertiary/aromatic N) is 5. The molecule has 0 saturated carbocycles. The van der Waals surface area contributed by atoms with Crippen LogP contribution in [-0.4, -0.2) is 55.0 Å². The van der Waals surface area contributed by atoms with E-state index in [0.717, 1.165) is 11.2 Å². The third-order valence-corrected chi connectivity index (χ3v) is 5.55. The molecule has 1 amide bonds. The number of carbonyl (C=O) groups is 1. The molecule has 0 spiro atoms. The molecule has 8 nitrogen and oxygen atoms in total. The molecule has 146 valence electrons. The lowest BCUT2D eigenvalue weighted by Crippen LogP contribution is -2.30. The topological polar surface area (TPSA) is 104 Å². The van der Waals surface area contributed by atoms with Crippen LogP contribution in [0.3, 0.4) is 0 Å². The lowest BCUT2D eigenvalue weighted by molar-refractivity contribution is 0.0761. The van der Waals surface area contributed by atoms with E-state index in [1.807, 2.05) is 13.8 Å². The molecule has 3 aromatic heterocycles. The first-order valence-corrected chi connectivity index (χ1v) is 9.72. The average molecular weight is 402 g/mol. The van der Waals surface area contributed by atoms with Crippen LogP contribution in [0.4, 0.5) is 10.3 Å². The van der Waals surface area contributed by atoms with Crippen LogP contribution in [0.15, 0.2) is 18.5 Å². The molecule has 0 bridgehead atoms. The average Bonchev–Trinajstić information content (AvgIpc) is 3.25. The van der Waals surface area contributed by atoms with E-state index in [-0.39, 0.29) is 30.1 Å². The molecule has 2 N–H and O–H groups in total. The van der Waals surface area contributed by atoms with Crippen molar-refractivity contribution in [2.24, 2.45) is 0 Å². The number of halogens is 1. The number of anilines is 1. The first kappa shape index (κ1) is 18.6. The summed E-state index contributed by atoms with van der Waals surface area (Å²) in [6, 6.07) is 1.06. The molecule has 1 aliphatic rings. The molecule has 0 radical (unpaired) electrons. The number of aryl methyl sites for hydroxylation is 1. The van der Waals surface area contributed by atoms with Crippen molar-refractivity contribution in [1.29, 1.82) is 0 Å². The fourth-order valence-corrected chi connectivity index (χ4v) is 4.00. The Morgan fingerprint density at radius 2 is 2.21 bits per heavy atom. The van der Waals surface area contributed by atoms with Gasteiger partial charge in [-0.3, -0.25) is 9.78 Å². The summed E-state index contributed by atoms with van der Waals surface area (Å²) in [5, 5.41) is 13.6. The standard InChI is InChI=1S/C18H19FN6O2S/c1-9(11-5-12(19)7-20-6-11)21-18-23-14(15-16(24-18)22-10(2)28-15)17(27)25-4-3-13(26)8-25/h5-7,9,13,26H,3-4,8H2,1-2H3,(H,21,23,24)/t9-,13-/m0/s1. The van der Waals surface area contributed by atoms with Gasteiger partial charge in [0.15, 0.2) is 11.3 Å². The number of nitrogens with one attached hydrogen (secondary N) is 1. The van der Waals surface area contributed by atoms with Crippen LogP contribution >= 0.6 is 11.3 Å². The minimum Gasteiger partial charge on any atom is -0.391 e. The summed E-state index contributed by atoms with van der Waals surface area (Å²) < 4.78 is 14.1. The summed E-state index contributed by atoms with van der Waals surface area (Å²) in [5.41, 5.74) is 1.33. The molecule has 0 aromatic carbocycles. The molecule has 10 heteroatoms. The number of aromatic nitrogens is 4. The molecule has 3 aromatic rings. The SMILES string of the molecule is Cc1nc2nc(N[C@@H](C)c3cncc(F)c3)nc(C(=O)N3CC[C@H](O)C3)c2s1. The fourth-order valence-electron chi connectivity index (χ4n) is 3.16. The summed E-state index contributed by atoms with van der Waals surface area (Å²) in [4.78, 5) is 31.7. The van der Waals surface area contributed by atoms with Crippen molar-refractivity contribution in [2.45, 2.75) is 32.4 Å². The van der Waals surface area contributed by atoms with Gasteiger partial charge in [0.2, 0.25) is 5.95 Å². The Morgan fingerprint density at radius 1 is 1.39 bits per heavy atom. The minimum atomic E-state index is -0.512. The van der Waals surface area contributed by atoms with Crippen molar-refractivity contribution in [3.05, 3.63) is 40.5 Å². The van der Waals surface area contributed by atoms with Gasteiger partial charge in [0.25, 0.3) is 5.91 Å². The summed E-state index contributed by atoms with van der Waals surface area (Å²) in [5.74, 6) is -0.450. The van der Waals surface area contributed by atoms with Gasteiger partial charge in [-0.25, -0.2) is 14.4 Å². The van der Waals surface area contributed by atoms with Gasteiger partial charge in [-0.2, -0.15) is 4.98 Å². The zero-order chi connectivity index (χ0) is 19.8. The summed E-state index contributed by atoms with van der Waals surface area (Å²) >= 11 is 1.36. The molecule has 0 unspecified atom stereocenters. The van der Waals surface area contributed by atoms with Crippen LogP contribution in [-0.2, 0) is 0 Å². The monoisotopic (exact) mass is 402 g/mol. The molecule has 4 rings (SSSR count). The molecular formula is C18H19FN6O2S. The lowest BCUT2D eigenvalue weighted by Gasteiger charge is -2.17. The second-order valence-electron chi connectivity index (χ2n) is 6.78. The molecular weight excluding hydrogens is 383 g/mol. The highest BCUT2D eigenvalue weighted by Crippen LogP contribution is 2.27. The van der Waals surface area contributed by atoms with E-state index in [4.69, 9.17) is 0 Å². The Balaban J connectivity index is 1.68. The largest absolute Gasteiger partial charge is 0.391 e. The molecule has 0 aliphatic carbocycles. The minimum absolute atomic E-state index is 0.234. The first-order valence-electron chi connectivity index (χ1n) is 8.90. The second-order valence-corrected chi connectivity index (χ2v) is 7.98. The van der Waals surface area contributed by atoms with E-state index >= 15 is 0 Å². The zero-order valence-corrected chi connectivity index (χ0v) is 16.2. The van der Waals surface area contributed by atoms with Crippen LogP contribution in [0, 0.1) is 12.7 Å². The Morgan fingerprint density at radius 3 is 2.93 bits per heavy atom. The van der Waals surface area contributed by atoms with E-state index in [2.05, 4.69) is 25.3 Å². The van der Waals surface area contributed by atoms with E-state index in [0.29, 0.717) is 28.9 Å². The van der Waals surface area contributed by atoms with E-state index < -0.39 is 11.9 Å². The van der Waals surface area contributed by atoms with Gasteiger partial charge in [-0.15, -0.1) is 11.3 Å². The Kier molecular flexibility index (Phi) is 4.90. The van der Waals surface area contributed by atoms with Gasteiger partial charge in [0, 0.05) is 19.3 Å². The van der Waals surface area contributed by atoms with Crippen LogP contribution < -0.4 is 5.32 Å². The number of carbonyl (C=O) groups excluding carboxylic acids is 1. The number of aliphatic hydroxyl groups excluding tert-OH is 1. The highest BCUT2D eigenvalue weighted by molar-refractivity contribution is 7.18. The van der Waals surface area contributed by atoms with Crippen LogP contribution in [0.5, 0.6) is 0 Å². The molecule has 1 aliphatic heterocycles. The number of β-amino-alcohol motifs (C(OH)–C–C–N with tert-alkyl or cyclic N) is 1. The number of rotatable bonds is 4. The molecule has 1 fully saturated rings. The summed E-state index contributed by atoms with van der Waals surface area (Å²) in [6.45, 7) is 4.44. The smallest absolute Gasteiger partial charge is 0.274 e. The molecule has 4 heterocycles. The second kappa shape index (κ2) is 7.36. The van der Waals surface area contributed by atoms with Crippen LogP contribution in [0.2, 0.25) is 0 Å². The highest BCUT2D eigenvalue weighted by Gasteiger charge is 2.29. The molecule has 1 saturated heterocycles. The van der Waals surface area contributed by atoms with Gasteiger partial charge in [0.1, 0.15) is 10.5 Å². The van der Waals surface area contributed by atoms with Gasteiger partial charge in [0.05, 0.1) is 23.4 Å². The van der Waals surface area contributed by atoms with Gasteiger partial charge >= 0.3 is 0 Å². The predicted molar refractivity (Wildman–Crippen MR) is 103 cm³/mol. The van der Waals surface area contributed by atoms with Crippen molar-refractivity contribution in [2.75, 3.05) is 18.4 Å². The number of hydrogen-bond acceptors (Lipinski definition) is 8. The first-order chi connectivity index (χ1) is 13.4. The van der Waals surface area contributed by atoms with Crippen LogP contribution in [0.1, 0.15) is 40.4 Å². The number of likely N-dealkylation sites (tertiary alicyclic amines) is 1. The van der Waals surface area contributed by atoms with Gasteiger partial charge in [-0.05, 0) is 31.9 Å². The zero-order valence-electron chi connectivity index (χ0n) is 15.4. The summed E-state index contributed by atoms with van der Waals surface area (Å²) in [6.07, 6.45) is 2.74. The van der Waals surface area contributed by atoms with Crippen molar-refractivity contribution < 1.29 is 14.3 Å². The van der Waals surface area contributed by atoms with Crippen LogP contribution in [0.25, 0.3) is 10.3 Å². The maximum atomic E-state index is 13.5. The summed E-state index contributed by atoms with van der Waals surface area (Å²) in [7, 11) is 0. The number of fused-ring (bicyclic) bond motifs is 1. The van der Waals surface area contributed by atoms with E-state index in [1.54, 1.807) is 11.1 Å². The number of thiazole rings is 1. The van der Waals surface area contributed by atoms with Gasteiger partial charge < -0.3 is 15.3 Å². The third kappa shape index (κ3) is 3.65. The lowest BCUT2D eigenvalue weighted by atomic mass is 10.1. The van der Waals surface area contributed by atoms with Crippen molar-refractivity contribution in [3.8, 4) is 0 Å². The van der Waals surface area contributed by atoms with Crippen molar-refractivity contribution in [3.63, 3.8) is 0 Å². The third-order valence-electron chi connectivity index (χ3n) is 4.59. The normalized spacial score (nSPS) is 17.9. The number of pyridine rings is 1. The Bertz CT molecular complexity index is 1040. The number of hydrogen-bond donors (Lipinski definition) is 2. The molecule has 28 heavy (non-hydrogen) atoms. The number of aliphatic hydroxyl groups is 1. The van der Waals surface area contributed by atoms with Gasteiger partial charge in [-0.1, -0.05) is 0 Å². The van der Waals surface area contributed by atoms with Crippen molar-refractivity contribution >= 4 is 33.5 Å². The Hall–Kier alpha value is -2.72. The number of amides is 1. The maximum absolute atomic E-state index is 13.5. The Labute approximate surface area is 164 Å². The fraction of sp³-hybridized carbons (Fsp3) is 0.389. The van der Waals surface area contributed by atoms with E-state index in [9.17, 15) is 14.3 Å². The predicted octanol–water partition coefficient (Wildman–Crippen LogP) is 2.31. The van der Waals surface area contributed by atoms with Crippen molar-refractivity contribution in [1.82, 2.24) is 24.8 Å². The molecule has 2 atom stereocenters. The maximum Gasteiger partial charge on any atom is 0.274 e.